The Kier molecular flexibility index (Phi) is 3.42. The Bertz CT molecular complexity index is 354. The van der Waals surface area contributed by atoms with Crippen LogP contribution >= 0.6 is 11.6 Å². The summed E-state index contributed by atoms with van der Waals surface area (Å²) in [5.41, 5.74) is 1.06. The third kappa shape index (κ3) is 2.90. The fraction of sp³-hybridized carbons (Fsp3) is 0.636. The van der Waals surface area contributed by atoms with Crippen molar-refractivity contribution in [3.8, 4) is 0 Å². The summed E-state index contributed by atoms with van der Waals surface area (Å²) < 4.78 is 0. The molecule has 1 aliphatic rings. The summed E-state index contributed by atoms with van der Waals surface area (Å²) in [6.07, 6.45) is 1.13. The van der Waals surface area contributed by atoms with E-state index in [-0.39, 0.29) is 5.54 Å². The van der Waals surface area contributed by atoms with Crippen molar-refractivity contribution in [1.29, 1.82) is 0 Å². The summed E-state index contributed by atoms with van der Waals surface area (Å²) in [4.78, 5) is 8.55. The Morgan fingerprint density at radius 1 is 1.56 bits per heavy atom. The van der Waals surface area contributed by atoms with Gasteiger partial charge in [0, 0.05) is 17.8 Å². The molecule has 5 heteroatoms. The highest BCUT2D eigenvalue weighted by molar-refractivity contribution is 6.29. The summed E-state index contributed by atoms with van der Waals surface area (Å²) in [6.45, 7) is 6.87. The SMILES string of the molecule is Cc1cc(Cl)nc(CNC2(C)CCNC2)n1. The van der Waals surface area contributed by atoms with Crippen LogP contribution in [-0.4, -0.2) is 28.6 Å². The number of halogens is 1. The smallest absolute Gasteiger partial charge is 0.144 e. The zero-order valence-electron chi connectivity index (χ0n) is 9.68. The van der Waals surface area contributed by atoms with E-state index in [0.29, 0.717) is 11.7 Å². The summed E-state index contributed by atoms with van der Waals surface area (Å²) in [7, 11) is 0. The maximum Gasteiger partial charge on any atom is 0.144 e. The Balaban J connectivity index is 1.98. The minimum absolute atomic E-state index is 0.152. The van der Waals surface area contributed by atoms with Gasteiger partial charge in [-0.25, -0.2) is 9.97 Å². The number of nitrogens with zero attached hydrogens (tertiary/aromatic N) is 2. The minimum atomic E-state index is 0.152. The molecule has 2 rings (SSSR count). The molecule has 2 N–H and O–H groups in total. The van der Waals surface area contributed by atoms with Crippen molar-refractivity contribution < 1.29 is 0 Å². The van der Waals surface area contributed by atoms with Gasteiger partial charge in [-0.1, -0.05) is 11.6 Å². The lowest BCUT2D eigenvalue weighted by Crippen LogP contribution is -2.43. The quantitative estimate of drug-likeness (QED) is 0.782. The van der Waals surface area contributed by atoms with Crippen LogP contribution in [0.2, 0.25) is 5.15 Å². The van der Waals surface area contributed by atoms with Crippen LogP contribution in [0.3, 0.4) is 0 Å². The van der Waals surface area contributed by atoms with Gasteiger partial charge in [0.1, 0.15) is 11.0 Å². The topological polar surface area (TPSA) is 49.8 Å². The lowest BCUT2D eigenvalue weighted by Gasteiger charge is -2.24. The summed E-state index contributed by atoms with van der Waals surface area (Å²) >= 11 is 5.89. The first-order valence-corrected chi connectivity index (χ1v) is 5.91. The maximum absolute atomic E-state index is 5.89. The fourth-order valence-electron chi connectivity index (χ4n) is 1.93. The second kappa shape index (κ2) is 4.65. The van der Waals surface area contributed by atoms with E-state index in [0.717, 1.165) is 31.0 Å². The number of nitrogens with one attached hydrogen (secondary N) is 2. The highest BCUT2D eigenvalue weighted by Crippen LogP contribution is 2.14. The van der Waals surface area contributed by atoms with Crippen LogP contribution in [0.1, 0.15) is 24.9 Å². The number of aryl methyl sites for hydroxylation is 1. The molecule has 1 saturated heterocycles. The highest BCUT2D eigenvalue weighted by atomic mass is 35.5. The molecule has 0 radical (unpaired) electrons. The molecule has 16 heavy (non-hydrogen) atoms. The Morgan fingerprint density at radius 2 is 2.38 bits per heavy atom. The Labute approximate surface area is 101 Å². The van der Waals surface area contributed by atoms with E-state index in [4.69, 9.17) is 11.6 Å². The second-order valence-electron chi connectivity index (χ2n) is 4.59. The second-order valence-corrected chi connectivity index (χ2v) is 4.98. The van der Waals surface area contributed by atoms with Crippen molar-refractivity contribution in [2.24, 2.45) is 0 Å². The highest BCUT2D eigenvalue weighted by Gasteiger charge is 2.27. The lowest BCUT2D eigenvalue weighted by molar-refractivity contribution is 0.380. The van der Waals surface area contributed by atoms with Gasteiger partial charge >= 0.3 is 0 Å². The molecule has 1 aromatic heterocycles. The largest absolute Gasteiger partial charge is 0.315 e. The molecule has 88 valence electrons. The zero-order chi connectivity index (χ0) is 11.6. The first-order valence-electron chi connectivity index (χ1n) is 5.53. The fourth-order valence-corrected chi connectivity index (χ4v) is 2.18. The number of aromatic nitrogens is 2. The van der Waals surface area contributed by atoms with E-state index in [1.165, 1.54) is 0 Å². The van der Waals surface area contributed by atoms with Gasteiger partial charge in [0.05, 0.1) is 6.54 Å². The number of hydrogen-bond acceptors (Lipinski definition) is 4. The van der Waals surface area contributed by atoms with E-state index in [1.807, 2.05) is 6.92 Å². The van der Waals surface area contributed by atoms with Crippen LogP contribution in [0.15, 0.2) is 6.07 Å². The molecule has 0 saturated carbocycles. The molecule has 0 spiro atoms. The van der Waals surface area contributed by atoms with Crippen LogP contribution < -0.4 is 10.6 Å². The van der Waals surface area contributed by atoms with E-state index >= 15 is 0 Å². The maximum atomic E-state index is 5.89. The summed E-state index contributed by atoms with van der Waals surface area (Å²) in [5.74, 6) is 0.762. The normalized spacial score (nSPS) is 24.9. The number of rotatable bonds is 3. The van der Waals surface area contributed by atoms with Gasteiger partial charge in [-0.3, -0.25) is 0 Å². The molecule has 4 nitrogen and oxygen atoms in total. The van der Waals surface area contributed by atoms with Crippen LogP contribution in [0.25, 0.3) is 0 Å². The molecule has 1 aromatic rings. The van der Waals surface area contributed by atoms with Gasteiger partial charge in [-0.2, -0.15) is 0 Å². The lowest BCUT2D eigenvalue weighted by atomic mass is 10.0. The van der Waals surface area contributed by atoms with Crippen LogP contribution in [0.5, 0.6) is 0 Å². The average molecular weight is 241 g/mol. The van der Waals surface area contributed by atoms with Crippen LogP contribution in [-0.2, 0) is 6.54 Å². The zero-order valence-corrected chi connectivity index (χ0v) is 10.4. The van der Waals surface area contributed by atoms with Crippen molar-refractivity contribution in [2.45, 2.75) is 32.4 Å². The van der Waals surface area contributed by atoms with Gasteiger partial charge in [0.25, 0.3) is 0 Å². The Morgan fingerprint density at radius 3 is 3.00 bits per heavy atom. The van der Waals surface area contributed by atoms with Gasteiger partial charge in [0.2, 0.25) is 0 Å². The predicted octanol–water partition coefficient (Wildman–Crippen LogP) is 1.28. The van der Waals surface area contributed by atoms with Crippen LogP contribution in [0.4, 0.5) is 0 Å². The molecule has 1 atom stereocenters. The number of hydrogen-bond donors (Lipinski definition) is 2. The standard InChI is InChI=1S/C11H17ClN4/c1-8-5-9(12)16-10(15-8)6-14-11(2)3-4-13-7-11/h5,13-14H,3-4,6-7H2,1-2H3. The molecule has 2 heterocycles. The van der Waals surface area contributed by atoms with E-state index < -0.39 is 0 Å². The first kappa shape index (κ1) is 11.8. The molecular weight excluding hydrogens is 224 g/mol. The van der Waals surface area contributed by atoms with Crippen molar-refractivity contribution in [2.75, 3.05) is 13.1 Å². The molecule has 1 fully saturated rings. The third-order valence-corrected chi connectivity index (χ3v) is 3.10. The Hall–Kier alpha value is -0.710. The van der Waals surface area contributed by atoms with Gasteiger partial charge in [-0.05, 0) is 32.9 Å². The third-order valence-electron chi connectivity index (χ3n) is 2.91. The van der Waals surface area contributed by atoms with Crippen molar-refractivity contribution in [3.05, 3.63) is 22.7 Å². The van der Waals surface area contributed by atoms with Gasteiger partial charge in [-0.15, -0.1) is 0 Å². The first-order chi connectivity index (χ1) is 7.57. The molecule has 1 aliphatic heterocycles. The average Bonchev–Trinajstić information content (AvgIpc) is 2.62. The molecular formula is C11H17ClN4. The van der Waals surface area contributed by atoms with E-state index in [1.54, 1.807) is 6.07 Å². The molecule has 0 aromatic carbocycles. The monoisotopic (exact) mass is 240 g/mol. The molecule has 1 unspecified atom stereocenters. The van der Waals surface area contributed by atoms with Gasteiger partial charge in [0.15, 0.2) is 0 Å². The minimum Gasteiger partial charge on any atom is -0.315 e. The summed E-state index contributed by atoms with van der Waals surface area (Å²) in [6, 6.07) is 1.77. The molecule has 0 bridgehead atoms. The van der Waals surface area contributed by atoms with Crippen molar-refractivity contribution >= 4 is 11.6 Å². The van der Waals surface area contributed by atoms with Crippen LogP contribution in [0, 0.1) is 6.92 Å². The van der Waals surface area contributed by atoms with Crippen molar-refractivity contribution in [1.82, 2.24) is 20.6 Å². The molecule has 0 amide bonds. The van der Waals surface area contributed by atoms with Gasteiger partial charge < -0.3 is 10.6 Å². The van der Waals surface area contributed by atoms with E-state index in [9.17, 15) is 0 Å². The predicted molar refractivity (Wildman–Crippen MR) is 64.5 cm³/mol. The molecule has 0 aliphatic carbocycles. The van der Waals surface area contributed by atoms with Crippen molar-refractivity contribution in [3.63, 3.8) is 0 Å². The van der Waals surface area contributed by atoms with E-state index in [2.05, 4.69) is 27.5 Å². The summed E-state index contributed by atoms with van der Waals surface area (Å²) in [5, 5.41) is 7.34.